The smallest absolute Gasteiger partial charge is 0.262 e. The molecule has 0 atom stereocenters. The van der Waals surface area contributed by atoms with Gasteiger partial charge in [0.1, 0.15) is 5.75 Å². The molecule has 0 spiro atoms. The minimum atomic E-state index is -3.49. The van der Waals surface area contributed by atoms with Gasteiger partial charge >= 0.3 is 0 Å². The molecule has 0 fully saturated rings. The van der Waals surface area contributed by atoms with E-state index in [9.17, 15) is 13.2 Å². The number of halogens is 1. The molecule has 0 aromatic heterocycles. The van der Waals surface area contributed by atoms with E-state index in [2.05, 4.69) is 27.9 Å². The van der Waals surface area contributed by atoms with Crippen LogP contribution in [0.15, 0.2) is 47.4 Å². The third kappa shape index (κ3) is 5.16. The Hall–Kier alpha value is -1.65. The van der Waals surface area contributed by atoms with Crippen molar-refractivity contribution in [3.05, 3.63) is 51.6 Å². The van der Waals surface area contributed by atoms with Crippen molar-refractivity contribution >= 4 is 44.2 Å². The molecule has 2 rings (SSSR count). The fourth-order valence-corrected chi connectivity index (χ4v) is 3.38. The number of benzene rings is 2. The zero-order valence-corrected chi connectivity index (χ0v) is 17.1. The first kappa shape index (κ1) is 19.7. The maximum Gasteiger partial charge on any atom is 0.262 e. The summed E-state index contributed by atoms with van der Waals surface area (Å²) in [6.07, 6.45) is 0. The first-order valence-corrected chi connectivity index (χ1v) is 9.93. The number of hydrogen-bond acceptors (Lipinski definition) is 4. The van der Waals surface area contributed by atoms with Crippen LogP contribution < -0.4 is 10.1 Å². The molecular weight excluding hydrogens is 455 g/mol. The lowest BCUT2D eigenvalue weighted by molar-refractivity contribution is -0.118. The highest BCUT2D eigenvalue weighted by Crippen LogP contribution is 2.23. The summed E-state index contributed by atoms with van der Waals surface area (Å²) in [6, 6.07) is 12.0. The molecule has 2 aromatic rings. The normalized spacial score (nSPS) is 11.4. The summed E-state index contributed by atoms with van der Waals surface area (Å²) >= 11 is 2.19. The van der Waals surface area contributed by atoms with Gasteiger partial charge in [-0.15, -0.1) is 0 Å². The molecule has 0 saturated heterocycles. The zero-order valence-electron chi connectivity index (χ0n) is 14.1. The third-order valence-electron chi connectivity index (χ3n) is 3.41. The van der Waals surface area contributed by atoms with Crippen LogP contribution in [-0.2, 0) is 14.8 Å². The summed E-state index contributed by atoms with van der Waals surface area (Å²) < 4.78 is 31.9. The molecule has 0 aliphatic rings. The van der Waals surface area contributed by atoms with Crippen molar-refractivity contribution in [1.82, 2.24) is 4.31 Å². The predicted octanol–water partition coefficient (Wildman–Crippen LogP) is 2.87. The standard InChI is InChI=1S/C17H19IN2O4S/c1-12-10-15(25(22,23)20(2)3)8-9-16(12)24-11-17(21)19-14-6-4-13(18)5-7-14/h4-10H,11H2,1-3H3,(H,19,21). The lowest BCUT2D eigenvalue weighted by Crippen LogP contribution is -2.22. The van der Waals surface area contributed by atoms with Gasteiger partial charge in [0.05, 0.1) is 4.90 Å². The SMILES string of the molecule is Cc1cc(S(=O)(=O)N(C)C)ccc1OCC(=O)Nc1ccc(I)cc1. The van der Waals surface area contributed by atoms with Crippen LogP contribution in [0.1, 0.15) is 5.56 Å². The molecule has 0 unspecified atom stereocenters. The van der Waals surface area contributed by atoms with E-state index >= 15 is 0 Å². The molecule has 6 nitrogen and oxygen atoms in total. The van der Waals surface area contributed by atoms with Crippen molar-refractivity contribution in [1.29, 1.82) is 0 Å². The van der Waals surface area contributed by atoms with Crippen LogP contribution in [0.5, 0.6) is 5.75 Å². The van der Waals surface area contributed by atoms with Crippen molar-refractivity contribution in [3.8, 4) is 5.75 Å². The van der Waals surface area contributed by atoms with Gasteiger partial charge in [0.15, 0.2) is 6.61 Å². The van der Waals surface area contributed by atoms with Gasteiger partial charge in [-0.3, -0.25) is 4.79 Å². The van der Waals surface area contributed by atoms with Crippen LogP contribution in [0.2, 0.25) is 0 Å². The van der Waals surface area contributed by atoms with Crippen molar-refractivity contribution in [2.75, 3.05) is 26.0 Å². The Balaban J connectivity index is 2.01. The van der Waals surface area contributed by atoms with E-state index in [1.165, 1.54) is 26.2 Å². The highest BCUT2D eigenvalue weighted by Gasteiger charge is 2.18. The molecule has 25 heavy (non-hydrogen) atoms. The molecule has 0 aliphatic heterocycles. The minimum absolute atomic E-state index is 0.160. The van der Waals surface area contributed by atoms with E-state index in [4.69, 9.17) is 4.74 Å². The van der Waals surface area contributed by atoms with Gasteiger partial charge in [-0.2, -0.15) is 0 Å². The van der Waals surface area contributed by atoms with Crippen LogP contribution in [0.4, 0.5) is 5.69 Å². The summed E-state index contributed by atoms with van der Waals surface area (Å²) in [5.41, 5.74) is 1.34. The first-order chi connectivity index (χ1) is 11.7. The van der Waals surface area contributed by atoms with E-state index < -0.39 is 10.0 Å². The van der Waals surface area contributed by atoms with Crippen LogP contribution >= 0.6 is 22.6 Å². The van der Waals surface area contributed by atoms with Gasteiger partial charge in [0, 0.05) is 23.4 Å². The number of ether oxygens (including phenoxy) is 1. The zero-order chi connectivity index (χ0) is 18.6. The summed E-state index contributed by atoms with van der Waals surface area (Å²) in [5.74, 6) is 0.182. The highest BCUT2D eigenvalue weighted by molar-refractivity contribution is 14.1. The van der Waals surface area contributed by atoms with E-state index in [1.807, 2.05) is 24.3 Å². The second kappa shape index (κ2) is 8.15. The summed E-state index contributed by atoms with van der Waals surface area (Å²) in [7, 11) is -0.541. The van der Waals surface area contributed by atoms with Crippen molar-refractivity contribution in [3.63, 3.8) is 0 Å². The van der Waals surface area contributed by atoms with Gasteiger partial charge in [-0.25, -0.2) is 12.7 Å². The second-order valence-electron chi connectivity index (χ2n) is 5.56. The Kier molecular flexibility index (Phi) is 6.42. The van der Waals surface area contributed by atoms with E-state index in [-0.39, 0.29) is 17.4 Å². The Bertz CT molecular complexity index is 865. The number of hydrogen-bond donors (Lipinski definition) is 1. The van der Waals surface area contributed by atoms with Gasteiger partial charge in [-0.1, -0.05) is 0 Å². The Morgan fingerprint density at radius 1 is 1.16 bits per heavy atom. The second-order valence-corrected chi connectivity index (χ2v) is 8.96. The Morgan fingerprint density at radius 3 is 2.36 bits per heavy atom. The molecular formula is C17H19IN2O4S. The molecule has 1 N–H and O–H groups in total. The molecule has 134 valence electrons. The van der Waals surface area contributed by atoms with E-state index in [0.717, 1.165) is 7.88 Å². The number of amides is 1. The number of rotatable bonds is 6. The average Bonchev–Trinajstić information content (AvgIpc) is 2.55. The lowest BCUT2D eigenvalue weighted by atomic mass is 10.2. The maximum absolute atomic E-state index is 12.1. The lowest BCUT2D eigenvalue weighted by Gasteiger charge is -2.14. The average molecular weight is 474 g/mol. The quantitative estimate of drug-likeness (QED) is 0.654. The van der Waals surface area contributed by atoms with Crippen LogP contribution in [0.3, 0.4) is 0 Å². The number of nitrogens with zero attached hydrogens (tertiary/aromatic N) is 1. The molecule has 8 heteroatoms. The summed E-state index contributed by atoms with van der Waals surface area (Å²) in [6.45, 7) is 1.58. The Morgan fingerprint density at radius 2 is 1.80 bits per heavy atom. The number of carbonyl (C=O) groups is 1. The van der Waals surface area contributed by atoms with E-state index in [1.54, 1.807) is 13.0 Å². The number of aryl methyl sites for hydroxylation is 1. The first-order valence-electron chi connectivity index (χ1n) is 7.41. The summed E-state index contributed by atoms with van der Waals surface area (Å²) in [4.78, 5) is 12.1. The predicted molar refractivity (Wildman–Crippen MR) is 105 cm³/mol. The van der Waals surface area contributed by atoms with E-state index in [0.29, 0.717) is 17.0 Å². The van der Waals surface area contributed by atoms with Gasteiger partial charge in [-0.05, 0) is 77.5 Å². The molecule has 0 bridgehead atoms. The van der Waals surface area contributed by atoms with Crippen LogP contribution in [0, 0.1) is 10.5 Å². The summed E-state index contributed by atoms with van der Waals surface area (Å²) in [5, 5.41) is 2.74. The number of sulfonamides is 1. The molecule has 0 heterocycles. The fourth-order valence-electron chi connectivity index (χ4n) is 2.03. The van der Waals surface area contributed by atoms with Crippen molar-refractivity contribution in [2.24, 2.45) is 0 Å². The monoisotopic (exact) mass is 474 g/mol. The molecule has 1 amide bonds. The van der Waals surface area contributed by atoms with Gasteiger partial charge in [0.25, 0.3) is 5.91 Å². The van der Waals surface area contributed by atoms with Gasteiger partial charge < -0.3 is 10.1 Å². The topological polar surface area (TPSA) is 75.7 Å². The third-order valence-corrected chi connectivity index (χ3v) is 5.94. The molecule has 0 radical (unpaired) electrons. The molecule has 0 aliphatic carbocycles. The number of carbonyl (C=O) groups excluding carboxylic acids is 1. The van der Waals surface area contributed by atoms with Crippen molar-refractivity contribution in [2.45, 2.75) is 11.8 Å². The number of nitrogens with one attached hydrogen (secondary N) is 1. The minimum Gasteiger partial charge on any atom is -0.483 e. The Labute approximate surface area is 161 Å². The fraction of sp³-hybridized carbons (Fsp3) is 0.235. The number of anilines is 1. The molecule has 0 saturated carbocycles. The van der Waals surface area contributed by atoms with Crippen LogP contribution in [-0.4, -0.2) is 39.3 Å². The van der Waals surface area contributed by atoms with Crippen molar-refractivity contribution < 1.29 is 17.9 Å². The maximum atomic E-state index is 12.1. The van der Waals surface area contributed by atoms with Gasteiger partial charge in [0.2, 0.25) is 10.0 Å². The largest absolute Gasteiger partial charge is 0.483 e. The molecule has 2 aromatic carbocycles. The highest BCUT2D eigenvalue weighted by atomic mass is 127. The van der Waals surface area contributed by atoms with Crippen LogP contribution in [0.25, 0.3) is 0 Å².